The lowest BCUT2D eigenvalue weighted by Crippen LogP contribution is -2.40. The van der Waals surface area contributed by atoms with Crippen molar-refractivity contribution < 1.29 is 9.84 Å². The molecule has 1 unspecified atom stereocenters. The number of hydrogen-bond acceptors (Lipinski definition) is 3. The Balaban J connectivity index is 2.17. The molecule has 1 aromatic carbocycles. The van der Waals surface area contributed by atoms with Crippen LogP contribution in [0.1, 0.15) is 18.9 Å². The molecule has 1 atom stereocenters. The molecule has 1 aliphatic rings. The Labute approximate surface area is 96.9 Å². The summed E-state index contributed by atoms with van der Waals surface area (Å²) >= 11 is 3.37. The van der Waals surface area contributed by atoms with E-state index in [0.29, 0.717) is 6.42 Å². The quantitative estimate of drug-likeness (QED) is 0.867. The molecule has 3 nitrogen and oxygen atoms in total. The van der Waals surface area contributed by atoms with Gasteiger partial charge in [0.05, 0.1) is 5.70 Å². The molecule has 15 heavy (non-hydrogen) atoms. The Morgan fingerprint density at radius 2 is 2.07 bits per heavy atom. The van der Waals surface area contributed by atoms with Crippen LogP contribution in [-0.2, 0) is 4.74 Å². The van der Waals surface area contributed by atoms with E-state index in [2.05, 4.69) is 21.2 Å². The molecular weight excluding hydrogens is 258 g/mol. The molecule has 0 aromatic heterocycles. The van der Waals surface area contributed by atoms with E-state index in [4.69, 9.17) is 4.74 Å². The first kappa shape index (κ1) is 10.5. The molecule has 0 saturated heterocycles. The van der Waals surface area contributed by atoms with E-state index in [1.807, 2.05) is 31.2 Å². The molecule has 2 rings (SSSR count). The van der Waals surface area contributed by atoms with Crippen molar-refractivity contribution in [2.75, 3.05) is 0 Å². The molecule has 0 spiro atoms. The smallest absolute Gasteiger partial charge is 0.289 e. The molecule has 0 fully saturated rings. The third-order valence-corrected chi connectivity index (χ3v) is 2.86. The number of rotatable bonds is 2. The molecule has 0 amide bonds. The number of ether oxygens (including phenoxy) is 1. The van der Waals surface area contributed by atoms with Gasteiger partial charge in [-0.1, -0.05) is 35.0 Å². The lowest BCUT2D eigenvalue weighted by Gasteiger charge is -2.21. The van der Waals surface area contributed by atoms with E-state index < -0.39 is 5.91 Å². The van der Waals surface area contributed by atoms with Gasteiger partial charge in [-0.05, 0) is 12.1 Å². The van der Waals surface area contributed by atoms with Gasteiger partial charge in [-0.3, -0.25) is 0 Å². The molecule has 2 N–H and O–H groups in total. The maximum Gasteiger partial charge on any atom is 0.289 e. The van der Waals surface area contributed by atoms with Crippen LogP contribution < -0.4 is 5.32 Å². The van der Waals surface area contributed by atoms with E-state index in [1.165, 1.54) is 0 Å². The highest BCUT2D eigenvalue weighted by atomic mass is 79.9. The summed E-state index contributed by atoms with van der Waals surface area (Å²) in [6.07, 6.45) is 2.04. The molecule has 4 heteroatoms. The van der Waals surface area contributed by atoms with Crippen molar-refractivity contribution in [2.24, 2.45) is 0 Å². The van der Waals surface area contributed by atoms with Crippen LogP contribution >= 0.6 is 15.9 Å². The predicted molar refractivity (Wildman–Crippen MR) is 61.6 cm³/mol. The molecule has 1 heterocycles. The minimum Gasteiger partial charge on any atom is -0.450 e. The van der Waals surface area contributed by atoms with Crippen LogP contribution in [0, 0.1) is 0 Å². The van der Waals surface area contributed by atoms with Crippen LogP contribution in [0.15, 0.2) is 35.0 Å². The first-order valence-corrected chi connectivity index (χ1v) is 5.57. The Morgan fingerprint density at radius 1 is 1.40 bits per heavy atom. The van der Waals surface area contributed by atoms with E-state index in [9.17, 15) is 5.11 Å². The highest BCUT2D eigenvalue weighted by Gasteiger charge is 2.31. The second-order valence-electron chi connectivity index (χ2n) is 3.42. The first-order chi connectivity index (χ1) is 7.13. The van der Waals surface area contributed by atoms with Gasteiger partial charge in [0.2, 0.25) is 0 Å². The summed E-state index contributed by atoms with van der Waals surface area (Å²) in [5.41, 5.74) is 1.79. The largest absolute Gasteiger partial charge is 0.450 e. The minimum atomic E-state index is -1.25. The fourth-order valence-electron chi connectivity index (χ4n) is 1.37. The number of hydrogen-bond donors (Lipinski definition) is 2. The van der Waals surface area contributed by atoms with Crippen LogP contribution in [0.2, 0.25) is 0 Å². The molecule has 80 valence electrons. The van der Waals surface area contributed by atoms with Crippen LogP contribution in [0.5, 0.6) is 0 Å². The van der Waals surface area contributed by atoms with Crippen molar-refractivity contribution in [2.45, 2.75) is 19.3 Å². The van der Waals surface area contributed by atoms with Crippen LogP contribution in [0.4, 0.5) is 0 Å². The molecular formula is C11H12BrNO2. The Kier molecular flexibility index (Phi) is 2.71. The van der Waals surface area contributed by atoms with Gasteiger partial charge in [-0.15, -0.1) is 0 Å². The van der Waals surface area contributed by atoms with Gasteiger partial charge in [0, 0.05) is 16.5 Å². The third-order valence-electron chi connectivity index (χ3n) is 2.34. The van der Waals surface area contributed by atoms with Gasteiger partial charge in [0.15, 0.2) is 0 Å². The summed E-state index contributed by atoms with van der Waals surface area (Å²) in [5, 5.41) is 12.7. The van der Waals surface area contributed by atoms with Crippen LogP contribution in [0.25, 0.3) is 5.70 Å². The summed E-state index contributed by atoms with van der Waals surface area (Å²) < 4.78 is 6.18. The van der Waals surface area contributed by atoms with E-state index in [1.54, 1.807) is 6.26 Å². The first-order valence-electron chi connectivity index (χ1n) is 4.77. The van der Waals surface area contributed by atoms with Crippen molar-refractivity contribution in [3.05, 3.63) is 40.6 Å². The van der Waals surface area contributed by atoms with Gasteiger partial charge < -0.3 is 15.2 Å². The topological polar surface area (TPSA) is 41.5 Å². The summed E-state index contributed by atoms with van der Waals surface area (Å²) in [6, 6.07) is 7.80. The van der Waals surface area contributed by atoms with Gasteiger partial charge in [-0.2, -0.15) is 0 Å². The SMILES string of the molecule is CCC1(O)NC(c2ccc(Br)cc2)=CO1. The Hall–Kier alpha value is -1.00. The van der Waals surface area contributed by atoms with Gasteiger partial charge in [-0.25, -0.2) is 0 Å². The fourth-order valence-corrected chi connectivity index (χ4v) is 1.63. The normalized spacial score (nSPS) is 24.3. The lowest BCUT2D eigenvalue weighted by atomic mass is 10.2. The summed E-state index contributed by atoms with van der Waals surface area (Å²) in [5.74, 6) is -1.25. The number of halogens is 1. The number of nitrogens with one attached hydrogen (secondary N) is 1. The van der Waals surface area contributed by atoms with Crippen molar-refractivity contribution in [3.8, 4) is 0 Å². The predicted octanol–water partition coefficient (Wildman–Crippen LogP) is 2.42. The third kappa shape index (κ3) is 2.16. The molecule has 0 saturated carbocycles. The second-order valence-corrected chi connectivity index (χ2v) is 4.33. The summed E-state index contributed by atoms with van der Waals surface area (Å²) in [7, 11) is 0. The van der Waals surface area contributed by atoms with Crippen molar-refractivity contribution in [3.63, 3.8) is 0 Å². The standard InChI is InChI=1S/C11H12BrNO2/c1-2-11(14)13-10(7-15-11)8-3-5-9(12)6-4-8/h3-7,13-14H,2H2,1H3. The summed E-state index contributed by atoms with van der Waals surface area (Å²) in [6.45, 7) is 1.85. The van der Waals surface area contributed by atoms with Gasteiger partial charge in [0.1, 0.15) is 6.26 Å². The van der Waals surface area contributed by atoms with Crippen molar-refractivity contribution in [1.29, 1.82) is 0 Å². The van der Waals surface area contributed by atoms with E-state index in [0.717, 1.165) is 15.7 Å². The average molecular weight is 270 g/mol. The van der Waals surface area contributed by atoms with Gasteiger partial charge in [0.25, 0.3) is 5.91 Å². The zero-order chi connectivity index (χ0) is 10.9. The highest BCUT2D eigenvalue weighted by Crippen LogP contribution is 2.25. The second kappa shape index (κ2) is 3.87. The van der Waals surface area contributed by atoms with Crippen LogP contribution in [0.3, 0.4) is 0 Å². The fraction of sp³-hybridized carbons (Fsp3) is 0.273. The maximum atomic E-state index is 9.79. The van der Waals surface area contributed by atoms with Crippen molar-refractivity contribution in [1.82, 2.24) is 5.32 Å². The minimum absolute atomic E-state index is 0.490. The number of aliphatic hydroxyl groups is 1. The number of benzene rings is 1. The molecule has 1 aliphatic heterocycles. The molecule has 0 bridgehead atoms. The molecule has 0 aliphatic carbocycles. The van der Waals surface area contributed by atoms with Gasteiger partial charge >= 0.3 is 0 Å². The summed E-state index contributed by atoms with van der Waals surface area (Å²) in [4.78, 5) is 0. The van der Waals surface area contributed by atoms with E-state index in [-0.39, 0.29) is 0 Å². The monoisotopic (exact) mass is 269 g/mol. The van der Waals surface area contributed by atoms with E-state index >= 15 is 0 Å². The average Bonchev–Trinajstić information content (AvgIpc) is 2.63. The van der Waals surface area contributed by atoms with Crippen LogP contribution in [-0.4, -0.2) is 11.0 Å². The highest BCUT2D eigenvalue weighted by molar-refractivity contribution is 9.10. The Bertz CT molecular complexity index is 388. The maximum absolute atomic E-state index is 9.79. The van der Waals surface area contributed by atoms with Crippen molar-refractivity contribution >= 4 is 21.6 Å². The zero-order valence-electron chi connectivity index (χ0n) is 8.33. The Morgan fingerprint density at radius 3 is 2.60 bits per heavy atom. The molecule has 0 radical (unpaired) electrons. The zero-order valence-corrected chi connectivity index (χ0v) is 9.91. The lowest BCUT2D eigenvalue weighted by molar-refractivity contribution is -0.168. The molecule has 1 aromatic rings.